The minimum Gasteiger partial charge on any atom is -0.493 e. The summed E-state index contributed by atoms with van der Waals surface area (Å²) >= 11 is 0. The molecule has 0 atom stereocenters. The summed E-state index contributed by atoms with van der Waals surface area (Å²) < 4.78 is 10.8. The summed E-state index contributed by atoms with van der Waals surface area (Å²) in [6.07, 6.45) is 1.25. The average molecular weight is 493 g/mol. The first-order valence-corrected chi connectivity index (χ1v) is 10.2. The Morgan fingerprint density at radius 1 is 0.889 bits per heavy atom. The third kappa shape index (κ3) is 6.38. The lowest BCUT2D eigenvalue weighted by Gasteiger charge is -2.11. The number of hydrazone groups is 1. The number of nitro groups is 2. The molecule has 0 aliphatic carbocycles. The summed E-state index contributed by atoms with van der Waals surface area (Å²) in [5, 5.41) is 28.4. The van der Waals surface area contributed by atoms with Crippen molar-refractivity contribution in [2.24, 2.45) is 5.10 Å². The number of amides is 2. The Morgan fingerprint density at radius 2 is 1.58 bits per heavy atom. The number of nitrogens with zero attached hydrogens (tertiary/aromatic N) is 3. The van der Waals surface area contributed by atoms with E-state index in [0.717, 1.165) is 23.8 Å². The molecule has 0 spiro atoms. The minimum atomic E-state index is -0.982. The Morgan fingerprint density at radius 3 is 2.22 bits per heavy atom. The van der Waals surface area contributed by atoms with Gasteiger partial charge in [0.15, 0.2) is 11.5 Å². The van der Waals surface area contributed by atoms with Gasteiger partial charge in [-0.05, 0) is 48.9 Å². The van der Waals surface area contributed by atoms with Gasteiger partial charge in [-0.25, -0.2) is 5.43 Å². The van der Waals surface area contributed by atoms with Gasteiger partial charge in [0.2, 0.25) is 5.75 Å². The molecule has 13 nitrogen and oxygen atoms in total. The lowest BCUT2D eigenvalue weighted by atomic mass is 10.2. The molecule has 0 saturated heterocycles. The molecular formula is C23H19N5O8. The van der Waals surface area contributed by atoms with Crippen molar-refractivity contribution in [2.75, 3.05) is 12.4 Å². The quantitative estimate of drug-likeness (QED) is 0.207. The second-order valence-corrected chi connectivity index (χ2v) is 7.20. The van der Waals surface area contributed by atoms with Crippen molar-refractivity contribution in [1.82, 2.24) is 5.43 Å². The van der Waals surface area contributed by atoms with Gasteiger partial charge in [-0.1, -0.05) is 17.7 Å². The monoisotopic (exact) mass is 493 g/mol. The fourth-order valence-corrected chi connectivity index (χ4v) is 2.86. The fourth-order valence-electron chi connectivity index (χ4n) is 2.86. The number of carbonyl (C=O) groups is 2. The SMILES string of the molecule is COc1cc(/C=N/NC(=O)C(=O)Nc2ccc(C)cc2)ccc1Oc1ccc([N+](=O)[O-])cc1[N+](=O)[O-]. The van der Waals surface area contributed by atoms with Crippen molar-refractivity contribution >= 4 is 35.1 Å². The number of methoxy groups -OCH3 is 1. The van der Waals surface area contributed by atoms with Crippen LogP contribution in [-0.4, -0.2) is 35.0 Å². The number of hydrogen-bond donors (Lipinski definition) is 2. The molecule has 3 aromatic carbocycles. The van der Waals surface area contributed by atoms with Crippen LogP contribution in [0.2, 0.25) is 0 Å². The molecular weight excluding hydrogens is 474 g/mol. The van der Waals surface area contributed by atoms with Crippen LogP contribution in [0.5, 0.6) is 17.2 Å². The number of aryl methyl sites for hydroxylation is 1. The molecule has 13 heteroatoms. The summed E-state index contributed by atoms with van der Waals surface area (Å²) in [5.41, 5.74) is 2.95. The normalized spacial score (nSPS) is 10.5. The van der Waals surface area contributed by atoms with Gasteiger partial charge in [0, 0.05) is 11.8 Å². The Labute approximate surface area is 203 Å². The molecule has 184 valence electrons. The summed E-state index contributed by atoms with van der Waals surface area (Å²) in [7, 11) is 1.34. The first-order valence-electron chi connectivity index (χ1n) is 10.2. The Balaban J connectivity index is 1.69. The Kier molecular flexibility index (Phi) is 7.87. The van der Waals surface area contributed by atoms with Crippen molar-refractivity contribution in [2.45, 2.75) is 6.92 Å². The van der Waals surface area contributed by atoms with E-state index < -0.39 is 33.0 Å². The Bertz CT molecular complexity index is 1360. The highest BCUT2D eigenvalue weighted by Crippen LogP contribution is 2.38. The van der Waals surface area contributed by atoms with Crippen LogP contribution in [0.1, 0.15) is 11.1 Å². The Hall–Kier alpha value is -5.33. The molecule has 0 fully saturated rings. The number of rotatable bonds is 8. The molecule has 0 aliphatic rings. The molecule has 0 heterocycles. The maximum atomic E-state index is 12.0. The van der Waals surface area contributed by atoms with Crippen molar-refractivity contribution in [3.05, 3.63) is 92.0 Å². The van der Waals surface area contributed by atoms with Gasteiger partial charge in [-0.15, -0.1) is 0 Å². The highest BCUT2D eigenvalue weighted by Gasteiger charge is 2.22. The lowest BCUT2D eigenvalue weighted by molar-refractivity contribution is -0.394. The maximum Gasteiger partial charge on any atom is 0.329 e. The van der Waals surface area contributed by atoms with Crippen molar-refractivity contribution in [3.8, 4) is 17.2 Å². The molecule has 2 amide bonds. The van der Waals surface area contributed by atoms with Gasteiger partial charge in [-0.3, -0.25) is 29.8 Å². The maximum absolute atomic E-state index is 12.0. The van der Waals surface area contributed by atoms with Gasteiger partial charge in [0.05, 0.1) is 29.2 Å². The smallest absolute Gasteiger partial charge is 0.329 e. The number of non-ortho nitro benzene ring substituents is 1. The van der Waals surface area contributed by atoms with E-state index >= 15 is 0 Å². The summed E-state index contributed by atoms with van der Waals surface area (Å²) in [5.74, 6) is -1.86. The van der Waals surface area contributed by atoms with Gasteiger partial charge >= 0.3 is 17.5 Å². The van der Waals surface area contributed by atoms with Gasteiger partial charge < -0.3 is 14.8 Å². The predicted molar refractivity (Wildman–Crippen MR) is 128 cm³/mol. The molecule has 0 aromatic heterocycles. The van der Waals surface area contributed by atoms with Crippen molar-refractivity contribution in [1.29, 1.82) is 0 Å². The van der Waals surface area contributed by atoms with Gasteiger partial charge in [0.1, 0.15) is 0 Å². The number of hydrogen-bond acceptors (Lipinski definition) is 9. The average Bonchev–Trinajstić information content (AvgIpc) is 2.86. The first kappa shape index (κ1) is 25.3. The molecule has 0 unspecified atom stereocenters. The highest BCUT2D eigenvalue weighted by atomic mass is 16.6. The van der Waals surface area contributed by atoms with E-state index in [1.54, 1.807) is 24.3 Å². The van der Waals surface area contributed by atoms with Crippen LogP contribution in [0, 0.1) is 27.2 Å². The molecule has 0 bridgehead atoms. The molecule has 2 N–H and O–H groups in total. The summed E-state index contributed by atoms with van der Waals surface area (Å²) in [6.45, 7) is 1.89. The lowest BCUT2D eigenvalue weighted by Crippen LogP contribution is -2.32. The first-order chi connectivity index (χ1) is 17.2. The van der Waals surface area contributed by atoms with Gasteiger partial charge in [0.25, 0.3) is 5.69 Å². The van der Waals surface area contributed by atoms with E-state index in [0.29, 0.717) is 11.3 Å². The molecule has 3 aromatic rings. The second-order valence-electron chi connectivity index (χ2n) is 7.20. The van der Waals surface area contributed by atoms with E-state index in [-0.39, 0.29) is 17.2 Å². The molecule has 0 radical (unpaired) electrons. The van der Waals surface area contributed by atoms with Gasteiger partial charge in [-0.2, -0.15) is 5.10 Å². The van der Waals surface area contributed by atoms with E-state index in [2.05, 4.69) is 15.8 Å². The predicted octanol–water partition coefficient (Wildman–Crippen LogP) is 3.70. The van der Waals surface area contributed by atoms with Crippen molar-refractivity contribution < 1.29 is 28.9 Å². The highest BCUT2D eigenvalue weighted by molar-refractivity contribution is 6.39. The number of benzene rings is 3. The van der Waals surface area contributed by atoms with E-state index in [4.69, 9.17) is 9.47 Å². The minimum absolute atomic E-state index is 0.0908. The zero-order valence-corrected chi connectivity index (χ0v) is 19.0. The van der Waals surface area contributed by atoms with Crippen LogP contribution in [-0.2, 0) is 9.59 Å². The van der Waals surface area contributed by atoms with Crippen LogP contribution >= 0.6 is 0 Å². The standard InChI is InChI=1S/C23H19N5O8/c1-14-3-6-16(7-4-14)25-22(29)23(30)26-24-13-15-5-9-20(21(11-15)35-2)36-19-10-8-17(27(31)32)12-18(19)28(33)34/h3-13H,1-2H3,(H,25,29)(H,26,30)/b24-13+. The van der Waals surface area contributed by atoms with E-state index in [9.17, 15) is 29.8 Å². The third-order valence-electron chi connectivity index (χ3n) is 4.65. The van der Waals surface area contributed by atoms with E-state index in [1.165, 1.54) is 31.5 Å². The molecule has 0 aliphatic heterocycles. The summed E-state index contributed by atoms with van der Waals surface area (Å²) in [6, 6.07) is 14.3. The fraction of sp³-hybridized carbons (Fsp3) is 0.0870. The molecule has 3 rings (SSSR count). The van der Waals surface area contributed by atoms with Crippen LogP contribution in [0.3, 0.4) is 0 Å². The third-order valence-corrected chi connectivity index (χ3v) is 4.65. The topological polar surface area (TPSA) is 175 Å². The van der Waals surface area contributed by atoms with E-state index in [1.807, 2.05) is 6.92 Å². The molecule has 36 heavy (non-hydrogen) atoms. The number of nitrogens with one attached hydrogen (secondary N) is 2. The number of nitro benzene ring substituents is 2. The van der Waals surface area contributed by atoms with Crippen LogP contribution in [0.25, 0.3) is 0 Å². The molecule has 0 saturated carbocycles. The van der Waals surface area contributed by atoms with Crippen LogP contribution in [0.4, 0.5) is 17.1 Å². The van der Waals surface area contributed by atoms with Crippen LogP contribution in [0.15, 0.2) is 65.8 Å². The number of ether oxygens (including phenoxy) is 2. The largest absolute Gasteiger partial charge is 0.493 e. The second kappa shape index (κ2) is 11.2. The van der Waals surface area contributed by atoms with Crippen LogP contribution < -0.4 is 20.2 Å². The number of anilines is 1. The van der Waals surface area contributed by atoms with Crippen molar-refractivity contribution in [3.63, 3.8) is 0 Å². The summed E-state index contributed by atoms with van der Waals surface area (Å²) in [4.78, 5) is 44.6. The zero-order chi connectivity index (χ0) is 26.2. The zero-order valence-electron chi connectivity index (χ0n) is 19.0. The number of carbonyl (C=O) groups excluding carboxylic acids is 2.